The third-order valence-electron chi connectivity index (χ3n) is 4.19. The van der Waals surface area contributed by atoms with Gasteiger partial charge in [-0.15, -0.1) is 0 Å². The van der Waals surface area contributed by atoms with Gasteiger partial charge in [-0.05, 0) is 62.9 Å². The Morgan fingerprint density at radius 1 is 1.43 bits per heavy atom. The molecule has 2 rings (SSSR count). The van der Waals surface area contributed by atoms with Gasteiger partial charge in [-0.2, -0.15) is 0 Å². The van der Waals surface area contributed by atoms with E-state index in [0.29, 0.717) is 13.0 Å². The summed E-state index contributed by atoms with van der Waals surface area (Å²) in [7, 11) is 0. The quantitative estimate of drug-likeness (QED) is 0.748. The highest BCUT2D eigenvalue weighted by atomic mass is 16.5. The molecule has 116 valence electrons. The molecule has 0 aliphatic carbocycles. The fourth-order valence-corrected chi connectivity index (χ4v) is 3.03. The molecule has 0 aromatic heterocycles. The summed E-state index contributed by atoms with van der Waals surface area (Å²) in [6.45, 7) is 10.1. The van der Waals surface area contributed by atoms with Crippen molar-refractivity contribution in [2.45, 2.75) is 40.0 Å². The molecule has 1 aliphatic heterocycles. The minimum absolute atomic E-state index is 0.236. The zero-order chi connectivity index (χ0) is 15.2. The number of likely N-dealkylation sites (tertiary alicyclic amines) is 1. The van der Waals surface area contributed by atoms with E-state index in [9.17, 15) is 4.79 Å². The fourth-order valence-electron chi connectivity index (χ4n) is 3.03. The Bertz CT molecular complexity index is 484. The summed E-state index contributed by atoms with van der Waals surface area (Å²) in [6.07, 6.45) is 3.19. The summed E-state index contributed by atoms with van der Waals surface area (Å²) in [5, 5.41) is 0. The number of ketones is 1. The Hall–Kier alpha value is -1.35. The van der Waals surface area contributed by atoms with Gasteiger partial charge < -0.3 is 9.64 Å². The molecule has 0 saturated carbocycles. The molecule has 0 amide bonds. The molecule has 3 heteroatoms. The SMILES string of the molecule is CCOc1ccc(C(=O)CCN2CCCC(C)C2)cc1C. The van der Waals surface area contributed by atoms with Crippen LogP contribution in [0.3, 0.4) is 0 Å². The molecule has 0 spiro atoms. The monoisotopic (exact) mass is 289 g/mol. The topological polar surface area (TPSA) is 29.5 Å². The maximum Gasteiger partial charge on any atom is 0.164 e. The molecule has 0 N–H and O–H groups in total. The predicted octanol–water partition coefficient (Wildman–Crippen LogP) is 3.70. The largest absolute Gasteiger partial charge is 0.494 e. The van der Waals surface area contributed by atoms with Crippen molar-refractivity contribution in [2.75, 3.05) is 26.2 Å². The summed E-state index contributed by atoms with van der Waals surface area (Å²) >= 11 is 0. The molecule has 1 aliphatic rings. The Morgan fingerprint density at radius 3 is 2.90 bits per heavy atom. The van der Waals surface area contributed by atoms with E-state index in [1.54, 1.807) is 0 Å². The zero-order valence-corrected chi connectivity index (χ0v) is 13.5. The van der Waals surface area contributed by atoms with Crippen molar-refractivity contribution >= 4 is 5.78 Å². The third-order valence-corrected chi connectivity index (χ3v) is 4.19. The van der Waals surface area contributed by atoms with Crippen LogP contribution in [0.15, 0.2) is 18.2 Å². The smallest absolute Gasteiger partial charge is 0.164 e. The van der Waals surface area contributed by atoms with Gasteiger partial charge in [0.05, 0.1) is 6.61 Å². The van der Waals surface area contributed by atoms with E-state index in [1.807, 2.05) is 32.0 Å². The van der Waals surface area contributed by atoms with Crippen molar-refractivity contribution in [2.24, 2.45) is 5.92 Å². The van der Waals surface area contributed by atoms with Crippen molar-refractivity contribution in [3.05, 3.63) is 29.3 Å². The van der Waals surface area contributed by atoms with Gasteiger partial charge in [0, 0.05) is 25.1 Å². The third kappa shape index (κ3) is 4.57. The molecule has 21 heavy (non-hydrogen) atoms. The van der Waals surface area contributed by atoms with Crippen LogP contribution in [-0.4, -0.2) is 36.9 Å². The molecule has 0 radical (unpaired) electrons. The number of hydrogen-bond donors (Lipinski definition) is 0. The van der Waals surface area contributed by atoms with Crippen LogP contribution in [0.1, 0.15) is 49.0 Å². The minimum atomic E-state index is 0.236. The van der Waals surface area contributed by atoms with Gasteiger partial charge in [0.1, 0.15) is 5.75 Å². The minimum Gasteiger partial charge on any atom is -0.494 e. The Balaban J connectivity index is 1.89. The highest BCUT2D eigenvalue weighted by Gasteiger charge is 2.17. The van der Waals surface area contributed by atoms with Crippen LogP contribution in [0.4, 0.5) is 0 Å². The first-order chi connectivity index (χ1) is 10.1. The molecular formula is C18H27NO2. The molecule has 1 fully saturated rings. The number of carbonyl (C=O) groups excluding carboxylic acids is 1. The average molecular weight is 289 g/mol. The average Bonchev–Trinajstić information content (AvgIpc) is 2.47. The first-order valence-corrected chi connectivity index (χ1v) is 8.09. The number of benzene rings is 1. The lowest BCUT2D eigenvalue weighted by atomic mass is 9.99. The van der Waals surface area contributed by atoms with Crippen molar-refractivity contribution in [3.8, 4) is 5.75 Å². The van der Waals surface area contributed by atoms with E-state index in [-0.39, 0.29) is 5.78 Å². The lowest BCUT2D eigenvalue weighted by molar-refractivity contribution is 0.0949. The summed E-state index contributed by atoms with van der Waals surface area (Å²) in [4.78, 5) is 14.7. The normalized spacial score (nSPS) is 19.5. The lowest BCUT2D eigenvalue weighted by Gasteiger charge is -2.30. The van der Waals surface area contributed by atoms with E-state index in [1.165, 1.54) is 12.8 Å². The maximum atomic E-state index is 12.3. The second kappa shape index (κ2) is 7.60. The van der Waals surface area contributed by atoms with Crippen LogP contribution in [-0.2, 0) is 0 Å². The van der Waals surface area contributed by atoms with Gasteiger partial charge in [-0.25, -0.2) is 0 Å². The van der Waals surface area contributed by atoms with Gasteiger partial charge in [0.25, 0.3) is 0 Å². The Labute approximate surface area is 128 Å². The van der Waals surface area contributed by atoms with Crippen molar-refractivity contribution in [1.29, 1.82) is 0 Å². The Morgan fingerprint density at radius 2 is 2.24 bits per heavy atom. The van der Waals surface area contributed by atoms with E-state index >= 15 is 0 Å². The number of ether oxygens (including phenoxy) is 1. The van der Waals surface area contributed by atoms with Gasteiger partial charge in [0.2, 0.25) is 0 Å². The van der Waals surface area contributed by atoms with Crippen LogP contribution in [0.2, 0.25) is 0 Å². The van der Waals surface area contributed by atoms with Crippen LogP contribution in [0, 0.1) is 12.8 Å². The molecule has 3 nitrogen and oxygen atoms in total. The van der Waals surface area contributed by atoms with Gasteiger partial charge in [0.15, 0.2) is 5.78 Å². The van der Waals surface area contributed by atoms with E-state index < -0.39 is 0 Å². The number of nitrogens with zero attached hydrogens (tertiary/aromatic N) is 1. The van der Waals surface area contributed by atoms with E-state index in [0.717, 1.165) is 42.4 Å². The summed E-state index contributed by atoms with van der Waals surface area (Å²) < 4.78 is 5.52. The van der Waals surface area contributed by atoms with Crippen LogP contribution in [0.25, 0.3) is 0 Å². The van der Waals surface area contributed by atoms with Crippen molar-refractivity contribution in [1.82, 2.24) is 4.90 Å². The molecule has 1 aromatic carbocycles. The molecule has 0 bridgehead atoms. The van der Waals surface area contributed by atoms with Gasteiger partial charge >= 0.3 is 0 Å². The fraction of sp³-hybridized carbons (Fsp3) is 0.611. The number of hydrogen-bond acceptors (Lipinski definition) is 3. The second-order valence-corrected chi connectivity index (χ2v) is 6.13. The van der Waals surface area contributed by atoms with E-state index in [2.05, 4.69) is 11.8 Å². The van der Waals surface area contributed by atoms with Crippen molar-refractivity contribution in [3.63, 3.8) is 0 Å². The maximum absolute atomic E-state index is 12.3. The second-order valence-electron chi connectivity index (χ2n) is 6.13. The number of Topliss-reactive ketones (excluding diaryl/α,β-unsaturated/α-hetero) is 1. The summed E-state index contributed by atoms with van der Waals surface area (Å²) in [6, 6.07) is 5.75. The number of rotatable bonds is 6. The molecule has 1 aromatic rings. The number of piperidine rings is 1. The number of aryl methyl sites for hydroxylation is 1. The van der Waals surface area contributed by atoms with E-state index in [4.69, 9.17) is 4.74 Å². The summed E-state index contributed by atoms with van der Waals surface area (Å²) in [5.41, 5.74) is 1.84. The van der Waals surface area contributed by atoms with Crippen LogP contribution in [0.5, 0.6) is 5.75 Å². The Kier molecular flexibility index (Phi) is 5.80. The highest BCUT2D eigenvalue weighted by molar-refractivity contribution is 5.96. The highest BCUT2D eigenvalue weighted by Crippen LogP contribution is 2.20. The summed E-state index contributed by atoms with van der Waals surface area (Å²) in [5.74, 6) is 1.87. The molecular weight excluding hydrogens is 262 g/mol. The van der Waals surface area contributed by atoms with Gasteiger partial charge in [-0.3, -0.25) is 4.79 Å². The first-order valence-electron chi connectivity index (χ1n) is 8.09. The standard InChI is InChI=1S/C18H27NO2/c1-4-21-18-8-7-16(12-15(18)3)17(20)9-11-19-10-5-6-14(2)13-19/h7-8,12,14H,4-6,9-11,13H2,1-3H3. The molecule has 1 heterocycles. The predicted molar refractivity (Wildman–Crippen MR) is 86.1 cm³/mol. The van der Waals surface area contributed by atoms with Crippen LogP contribution >= 0.6 is 0 Å². The lowest BCUT2D eigenvalue weighted by Crippen LogP contribution is -2.35. The molecule has 1 saturated heterocycles. The zero-order valence-electron chi connectivity index (χ0n) is 13.5. The number of carbonyl (C=O) groups is 1. The van der Waals surface area contributed by atoms with Gasteiger partial charge in [-0.1, -0.05) is 6.92 Å². The van der Waals surface area contributed by atoms with Crippen LogP contribution < -0.4 is 4.74 Å². The first kappa shape index (κ1) is 16.0. The molecule has 1 atom stereocenters. The molecule has 1 unspecified atom stereocenters. The van der Waals surface area contributed by atoms with Crippen molar-refractivity contribution < 1.29 is 9.53 Å².